The molecule has 0 unspecified atom stereocenters. The van der Waals surface area contributed by atoms with E-state index in [9.17, 15) is 8.42 Å². The van der Waals surface area contributed by atoms with E-state index in [1.54, 1.807) is 25.1 Å². The standard InChI is InChI=1S/C18H23N3O3S2/c1-4-19-18(25)20-16-13-15(11-12-17(16)24-3)26(22,23)21(5-2)14-9-7-6-8-10-14/h6-13H,4-5H2,1-3H3,(H2,19,20,25). The number of para-hydroxylation sites is 1. The molecule has 2 rings (SSSR count). The summed E-state index contributed by atoms with van der Waals surface area (Å²) in [5.41, 5.74) is 1.10. The molecule has 6 nitrogen and oxygen atoms in total. The van der Waals surface area contributed by atoms with Crippen LogP contribution in [-0.4, -0.2) is 33.7 Å². The maximum atomic E-state index is 13.1. The Balaban J connectivity index is 2.44. The molecule has 2 aromatic carbocycles. The summed E-state index contributed by atoms with van der Waals surface area (Å²) < 4.78 is 32.9. The number of methoxy groups -OCH3 is 1. The summed E-state index contributed by atoms with van der Waals surface area (Å²) in [5.74, 6) is 0.506. The maximum Gasteiger partial charge on any atom is 0.264 e. The minimum atomic E-state index is -3.73. The van der Waals surface area contributed by atoms with Gasteiger partial charge in [-0.25, -0.2) is 8.42 Å². The molecule has 0 amide bonds. The Morgan fingerprint density at radius 2 is 1.85 bits per heavy atom. The molecule has 0 saturated heterocycles. The lowest BCUT2D eigenvalue weighted by molar-refractivity contribution is 0.416. The highest BCUT2D eigenvalue weighted by Crippen LogP contribution is 2.30. The molecule has 0 radical (unpaired) electrons. The van der Waals surface area contributed by atoms with Crippen LogP contribution in [0.5, 0.6) is 5.75 Å². The van der Waals surface area contributed by atoms with Crippen LogP contribution in [0.2, 0.25) is 0 Å². The van der Waals surface area contributed by atoms with Crippen LogP contribution >= 0.6 is 12.2 Å². The molecule has 0 spiro atoms. The van der Waals surface area contributed by atoms with E-state index in [4.69, 9.17) is 17.0 Å². The van der Waals surface area contributed by atoms with E-state index in [-0.39, 0.29) is 4.90 Å². The number of ether oxygens (including phenoxy) is 1. The number of sulfonamides is 1. The van der Waals surface area contributed by atoms with E-state index in [2.05, 4.69) is 10.6 Å². The summed E-state index contributed by atoms with van der Waals surface area (Å²) in [6, 6.07) is 13.7. The van der Waals surface area contributed by atoms with E-state index in [0.717, 1.165) is 0 Å². The molecule has 2 aromatic rings. The molecule has 0 aromatic heterocycles. The first kappa shape index (κ1) is 20.0. The molecule has 0 heterocycles. The van der Waals surface area contributed by atoms with E-state index >= 15 is 0 Å². The van der Waals surface area contributed by atoms with E-state index in [0.29, 0.717) is 35.3 Å². The second kappa shape index (κ2) is 8.86. The Morgan fingerprint density at radius 3 is 2.42 bits per heavy atom. The quantitative estimate of drug-likeness (QED) is 0.704. The summed E-state index contributed by atoms with van der Waals surface area (Å²) in [5, 5.41) is 6.35. The number of nitrogens with one attached hydrogen (secondary N) is 2. The van der Waals surface area contributed by atoms with Gasteiger partial charge in [0, 0.05) is 13.1 Å². The van der Waals surface area contributed by atoms with E-state index in [1.807, 2.05) is 25.1 Å². The van der Waals surface area contributed by atoms with Gasteiger partial charge in [-0.15, -0.1) is 0 Å². The van der Waals surface area contributed by atoms with Crippen molar-refractivity contribution in [3.63, 3.8) is 0 Å². The molecular formula is C18H23N3O3S2. The molecule has 0 saturated carbocycles. The first-order valence-electron chi connectivity index (χ1n) is 8.24. The summed E-state index contributed by atoms with van der Waals surface area (Å²) in [6.07, 6.45) is 0. The van der Waals surface area contributed by atoms with Crippen molar-refractivity contribution in [2.24, 2.45) is 0 Å². The minimum Gasteiger partial charge on any atom is -0.495 e. The number of hydrogen-bond acceptors (Lipinski definition) is 4. The summed E-state index contributed by atoms with van der Waals surface area (Å²) >= 11 is 5.19. The first-order valence-corrected chi connectivity index (χ1v) is 10.1. The highest BCUT2D eigenvalue weighted by Gasteiger charge is 2.24. The van der Waals surface area contributed by atoms with E-state index < -0.39 is 10.0 Å². The van der Waals surface area contributed by atoms with Gasteiger partial charge in [0.15, 0.2) is 5.11 Å². The van der Waals surface area contributed by atoms with Crippen LogP contribution in [0.1, 0.15) is 13.8 Å². The van der Waals surface area contributed by atoms with E-state index in [1.165, 1.54) is 23.5 Å². The zero-order valence-corrected chi connectivity index (χ0v) is 16.7. The average Bonchev–Trinajstić information content (AvgIpc) is 2.63. The van der Waals surface area contributed by atoms with Crippen LogP contribution in [0.15, 0.2) is 53.4 Å². The van der Waals surface area contributed by atoms with Gasteiger partial charge in [-0.2, -0.15) is 0 Å². The third-order valence-corrected chi connectivity index (χ3v) is 5.82. The normalized spacial score (nSPS) is 10.9. The zero-order valence-electron chi connectivity index (χ0n) is 15.0. The first-order chi connectivity index (χ1) is 12.4. The van der Waals surface area contributed by atoms with Crippen molar-refractivity contribution in [3.05, 3.63) is 48.5 Å². The van der Waals surface area contributed by atoms with Gasteiger partial charge in [-0.05, 0) is 56.4 Å². The van der Waals surface area contributed by atoms with Crippen LogP contribution in [0.25, 0.3) is 0 Å². The SMILES string of the molecule is CCNC(=S)Nc1cc(S(=O)(=O)N(CC)c2ccccc2)ccc1OC. The number of rotatable bonds is 7. The molecule has 0 bridgehead atoms. The molecule has 26 heavy (non-hydrogen) atoms. The second-order valence-electron chi connectivity index (χ2n) is 5.35. The smallest absolute Gasteiger partial charge is 0.264 e. The Hall–Kier alpha value is -2.32. The molecule has 0 aliphatic carbocycles. The van der Waals surface area contributed by atoms with Gasteiger partial charge in [-0.1, -0.05) is 18.2 Å². The summed E-state index contributed by atoms with van der Waals surface area (Å²) in [4.78, 5) is 0.158. The topological polar surface area (TPSA) is 70.7 Å². The zero-order chi connectivity index (χ0) is 19.2. The fourth-order valence-corrected chi connectivity index (χ4v) is 4.24. The number of thiocarbonyl (C=S) groups is 1. The van der Waals surface area contributed by atoms with Gasteiger partial charge in [0.25, 0.3) is 10.0 Å². The van der Waals surface area contributed by atoms with Gasteiger partial charge < -0.3 is 15.4 Å². The van der Waals surface area contributed by atoms with Crippen molar-refractivity contribution in [1.82, 2.24) is 5.32 Å². The number of nitrogens with zero attached hydrogens (tertiary/aromatic N) is 1. The van der Waals surface area contributed by atoms with Gasteiger partial charge >= 0.3 is 0 Å². The Kier molecular flexibility index (Phi) is 6.82. The maximum absolute atomic E-state index is 13.1. The number of benzene rings is 2. The predicted molar refractivity (Wildman–Crippen MR) is 110 cm³/mol. The lowest BCUT2D eigenvalue weighted by Crippen LogP contribution is -2.31. The monoisotopic (exact) mass is 393 g/mol. The molecule has 8 heteroatoms. The number of anilines is 2. The Bertz CT molecular complexity index is 855. The van der Waals surface area contributed by atoms with Crippen molar-refractivity contribution in [2.45, 2.75) is 18.7 Å². The molecule has 2 N–H and O–H groups in total. The molecular weight excluding hydrogens is 370 g/mol. The van der Waals surface area contributed by atoms with Gasteiger partial charge in [0.05, 0.1) is 23.4 Å². The van der Waals surface area contributed by atoms with Crippen LogP contribution < -0.4 is 19.7 Å². The number of hydrogen-bond donors (Lipinski definition) is 2. The highest BCUT2D eigenvalue weighted by atomic mass is 32.2. The third-order valence-electron chi connectivity index (χ3n) is 3.68. The van der Waals surface area contributed by atoms with Gasteiger partial charge in [-0.3, -0.25) is 4.31 Å². The Morgan fingerprint density at radius 1 is 1.15 bits per heavy atom. The molecule has 140 valence electrons. The highest BCUT2D eigenvalue weighted by molar-refractivity contribution is 7.92. The summed E-state index contributed by atoms with van der Waals surface area (Å²) in [7, 11) is -2.20. The van der Waals surface area contributed by atoms with Crippen LogP contribution in [0.4, 0.5) is 11.4 Å². The fourth-order valence-electron chi connectivity index (χ4n) is 2.49. The lowest BCUT2D eigenvalue weighted by Gasteiger charge is -2.23. The molecule has 0 aliphatic heterocycles. The molecule has 0 aliphatic rings. The largest absolute Gasteiger partial charge is 0.495 e. The molecule has 0 atom stereocenters. The van der Waals surface area contributed by atoms with Crippen molar-refractivity contribution in [1.29, 1.82) is 0 Å². The van der Waals surface area contributed by atoms with Crippen molar-refractivity contribution in [2.75, 3.05) is 29.8 Å². The van der Waals surface area contributed by atoms with Crippen LogP contribution in [0, 0.1) is 0 Å². The fraction of sp³-hybridized carbons (Fsp3) is 0.278. The summed E-state index contributed by atoms with van der Waals surface area (Å²) in [6.45, 7) is 4.69. The van der Waals surface area contributed by atoms with Crippen LogP contribution in [-0.2, 0) is 10.0 Å². The predicted octanol–water partition coefficient (Wildman–Crippen LogP) is 3.22. The van der Waals surface area contributed by atoms with Crippen molar-refractivity contribution in [3.8, 4) is 5.75 Å². The lowest BCUT2D eigenvalue weighted by atomic mass is 10.3. The average molecular weight is 394 g/mol. The van der Waals surface area contributed by atoms with Crippen molar-refractivity contribution >= 4 is 38.7 Å². The molecule has 0 fully saturated rings. The second-order valence-corrected chi connectivity index (χ2v) is 7.62. The third kappa shape index (κ3) is 4.44. The van der Waals surface area contributed by atoms with Crippen molar-refractivity contribution < 1.29 is 13.2 Å². The van der Waals surface area contributed by atoms with Gasteiger partial charge in [0.1, 0.15) is 5.75 Å². The Labute approximate surface area is 160 Å². The minimum absolute atomic E-state index is 0.158. The van der Waals surface area contributed by atoms with Gasteiger partial charge in [0.2, 0.25) is 0 Å². The van der Waals surface area contributed by atoms with Crippen LogP contribution in [0.3, 0.4) is 0 Å².